The first-order chi connectivity index (χ1) is 32.5. The van der Waals surface area contributed by atoms with Crippen LogP contribution in [0.25, 0.3) is 65.5 Å². The Morgan fingerprint density at radius 1 is 0.657 bits per heavy atom. The van der Waals surface area contributed by atoms with E-state index in [4.69, 9.17) is 20.9 Å². The number of anilines is 2. The van der Waals surface area contributed by atoms with Gasteiger partial charge in [0.15, 0.2) is 34.8 Å². The van der Waals surface area contributed by atoms with Crippen LogP contribution in [0.15, 0.2) is 85.6 Å². The highest BCUT2D eigenvalue weighted by molar-refractivity contribution is 7.19. The van der Waals surface area contributed by atoms with Gasteiger partial charge in [0.25, 0.3) is 0 Å². The molecular weight excluding hydrogens is 911 g/mol. The average Bonchev–Trinajstić information content (AvgIpc) is 4.20. The van der Waals surface area contributed by atoms with Crippen molar-refractivity contribution >= 4 is 34.3 Å². The van der Waals surface area contributed by atoms with E-state index in [-0.39, 0.29) is 46.2 Å². The molecule has 7 aromatic heterocycles. The van der Waals surface area contributed by atoms with Gasteiger partial charge < -0.3 is 26.3 Å². The van der Waals surface area contributed by atoms with E-state index >= 15 is 0 Å². The number of piperidine rings is 1. The monoisotopic (exact) mass is 947 g/mol. The summed E-state index contributed by atoms with van der Waals surface area (Å²) in [6, 6.07) is 14.8. The van der Waals surface area contributed by atoms with Crippen molar-refractivity contribution in [2.75, 3.05) is 38.8 Å². The molecule has 0 unspecified atom stereocenters. The lowest BCUT2D eigenvalue weighted by atomic mass is 9.99. The maximum Gasteiger partial charge on any atom is 0.202 e. The van der Waals surface area contributed by atoms with Gasteiger partial charge >= 0.3 is 0 Å². The van der Waals surface area contributed by atoms with Crippen molar-refractivity contribution < 1.29 is 27.0 Å². The number of benzene rings is 2. The minimum atomic E-state index is -1.15. The molecule has 0 radical (unpaired) electrons. The highest BCUT2D eigenvalue weighted by Gasteiger charge is 2.25. The molecule has 23 heteroatoms. The second-order valence-corrected chi connectivity index (χ2v) is 17.0. The Kier molecular flexibility index (Phi) is 12.6. The molecule has 67 heavy (non-hydrogen) atoms. The van der Waals surface area contributed by atoms with Crippen LogP contribution in [0.1, 0.15) is 29.3 Å². The standard InChI is InChI=1S/C23H17F2N7OS.C21H20F2N8OS/c1-12-8-18(34-21(12)13-4-3-7-27-10-13)14-9-15(22(26)28-11-14)23-29-30-31-32(23)16-5-6-17(33-2)20(25)19(16)24;1-32-15-3-2-14(17(22)18(15)23)31-20(28-29-30-31)13-8-12(9-26-19(13)24)16-10-27-21(33-16)11-4-6-25-7-5-11/h3-11H,1-2H3,(H2,26,28);2-3,8-11,25H,4-7H2,1H3,(H2,24,26). The largest absolute Gasteiger partial charge is 0.494 e. The second-order valence-electron chi connectivity index (χ2n) is 14.9. The molecule has 0 amide bonds. The molecule has 17 nitrogen and oxygen atoms in total. The zero-order chi connectivity index (χ0) is 46.8. The van der Waals surface area contributed by atoms with E-state index in [9.17, 15) is 17.6 Å². The van der Waals surface area contributed by atoms with E-state index < -0.39 is 23.3 Å². The molecule has 0 atom stereocenters. The predicted molar refractivity (Wildman–Crippen MR) is 244 cm³/mol. The highest BCUT2D eigenvalue weighted by Crippen LogP contribution is 2.40. The summed E-state index contributed by atoms with van der Waals surface area (Å²) in [4.78, 5) is 20.4. The molecule has 0 spiro atoms. The zero-order valence-corrected chi connectivity index (χ0v) is 37.3. The van der Waals surface area contributed by atoms with Crippen molar-refractivity contribution in [1.82, 2.24) is 65.7 Å². The molecule has 340 valence electrons. The van der Waals surface area contributed by atoms with E-state index in [1.54, 1.807) is 53.4 Å². The van der Waals surface area contributed by atoms with E-state index in [0.717, 1.165) is 77.2 Å². The Labute approximate surface area is 386 Å². The summed E-state index contributed by atoms with van der Waals surface area (Å²) in [5.74, 6) is -4.01. The number of nitrogens with zero attached hydrogens (tertiary/aromatic N) is 12. The molecule has 10 rings (SSSR count). The number of thiophene rings is 1. The lowest BCUT2D eigenvalue weighted by Gasteiger charge is -2.20. The van der Waals surface area contributed by atoms with Crippen LogP contribution in [0.5, 0.6) is 11.5 Å². The third-order valence-corrected chi connectivity index (χ3v) is 13.4. The summed E-state index contributed by atoms with van der Waals surface area (Å²) in [5.41, 5.74) is 16.3. The average molecular weight is 948 g/mol. The molecule has 1 saturated heterocycles. The smallest absolute Gasteiger partial charge is 0.202 e. The number of ether oxygens (including phenoxy) is 2. The molecule has 0 saturated carbocycles. The normalized spacial score (nSPS) is 12.8. The summed E-state index contributed by atoms with van der Waals surface area (Å²) in [5, 5.41) is 27.4. The molecule has 0 bridgehead atoms. The molecule has 0 aliphatic carbocycles. The van der Waals surface area contributed by atoms with Crippen molar-refractivity contribution in [3.63, 3.8) is 0 Å². The maximum atomic E-state index is 14.7. The van der Waals surface area contributed by atoms with E-state index in [1.807, 2.05) is 37.5 Å². The molecule has 1 fully saturated rings. The van der Waals surface area contributed by atoms with Crippen molar-refractivity contribution in [3.8, 4) is 77.0 Å². The summed E-state index contributed by atoms with van der Waals surface area (Å²) in [6.45, 7) is 3.99. The van der Waals surface area contributed by atoms with Crippen LogP contribution in [0.4, 0.5) is 29.2 Å². The number of methoxy groups -OCH3 is 2. The fraction of sp³-hybridized carbons (Fsp3) is 0.182. The molecule has 5 N–H and O–H groups in total. The number of halogens is 4. The van der Waals surface area contributed by atoms with E-state index in [2.05, 4.69) is 56.3 Å². The number of rotatable bonds is 10. The third-order valence-electron chi connectivity index (χ3n) is 10.8. The highest BCUT2D eigenvalue weighted by atomic mass is 32.1. The fourth-order valence-corrected chi connectivity index (χ4v) is 9.60. The number of nitrogens with one attached hydrogen (secondary N) is 1. The van der Waals surface area contributed by atoms with E-state index in [0.29, 0.717) is 17.0 Å². The second kappa shape index (κ2) is 19.0. The van der Waals surface area contributed by atoms with Crippen molar-refractivity contribution in [2.45, 2.75) is 25.7 Å². The minimum Gasteiger partial charge on any atom is -0.494 e. The van der Waals surface area contributed by atoms with Gasteiger partial charge in [-0.3, -0.25) is 4.98 Å². The van der Waals surface area contributed by atoms with Crippen LogP contribution in [-0.2, 0) is 0 Å². The molecule has 1 aliphatic rings. The summed E-state index contributed by atoms with van der Waals surface area (Å²) >= 11 is 3.20. The van der Waals surface area contributed by atoms with Gasteiger partial charge in [0, 0.05) is 63.3 Å². The number of nitrogens with two attached hydrogens (primary N) is 2. The first-order valence-electron chi connectivity index (χ1n) is 20.4. The summed E-state index contributed by atoms with van der Waals surface area (Å²) < 4.78 is 69.9. The van der Waals surface area contributed by atoms with Crippen LogP contribution in [0.2, 0.25) is 0 Å². The quantitative estimate of drug-likeness (QED) is 0.111. The van der Waals surface area contributed by atoms with Gasteiger partial charge in [-0.15, -0.1) is 32.9 Å². The van der Waals surface area contributed by atoms with Gasteiger partial charge in [0.2, 0.25) is 11.6 Å². The minimum absolute atomic E-state index is 0.121. The van der Waals surface area contributed by atoms with Gasteiger partial charge in [-0.1, -0.05) is 6.07 Å². The number of pyridine rings is 3. The lowest BCUT2D eigenvalue weighted by molar-refractivity contribution is 0.371. The summed E-state index contributed by atoms with van der Waals surface area (Å²) in [6.07, 6.45) is 10.8. The van der Waals surface area contributed by atoms with E-state index in [1.165, 1.54) is 38.5 Å². The first kappa shape index (κ1) is 44.4. The Balaban J connectivity index is 0.000000168. The van der Waals surface area contributed by atoms with Gasteiger partial charge in [0.1, 0.15) is 23.0 Å². The Morgan fingerprint density at radius 3 is 1.76 bits per heavy atom. The van der Waals surface area contributed by atoms with Gasteiger partial charge in [-0.25, -0.2) is 23.7 Å². The first-order valence-corrected chi connectivity index (χ1v) is 22.0. The van der Waals surface area contributed by atoms with Gasteiger partial charge in [-0.05, 0) is 108 Å². The van der Waals surface area contributed by atoms with Gasteiger partial charge in [-0.2, -0.15) is 18.1 Å². The van der Waals surface area contributed by atoms with Crippen LogP contribution in [0, 0.1) is 30.2 Å². The lowest BCUT2D eigenvalue weighted by Crippen LogP contribution is -2.26. The zero-order valence-electron chi connectivity index (χ0n) is 35.7. The topological polar surface area (TPSA) is 221 Å². The number of aryl methyl sites for hydroxylation is 1. The van der Waals surface area contributed by atoms with Crippen LogP contribution in [-0.4, -0.2) is 87.7 Å². The Bertz CT molecular complexity index is 3230. The Hall–Kier alpha value is -7.76. The number of thiazole rings is 1. The summed E-state index contributed by atoms with van der Waals surface area (Å²) in [7, 11) is 2.51. The van der Waals surface area contributed by atoms with Crippen molar-refractivity contribution in [1.29, 1.82) is 0 Å². The van der Waals surface area contributed by atoms with Crippen LogP contribution >= 0.6 is 22.7 Å². The third kappa shape index (κ3) is 8.73. The molecule has 2 aromatic carbocycles. The number of hydrogen-bond acceptors (Lipinski definition) is 17. The Morgan fingerprint density at radius 2 is 1.22 bits per heavy atom. The number of hydrogen-bond donors (Lipinski definition) is 3. The molecule has 8 heterocycles. The molecule has 9 aromatic rings. The van der Waals surface area contributed by atoms with Crippen molar-refractivity contribution in [2.24, 2.45) is 0 Å². The number of aromatic nitrogens is 12. The molecular formula is C44H37F4N15O2S2. The van der Waals surface area contributed by atoms with Crippen LogP contribution in [0.3, 0.4) is 0 Å². The maximum absolute atomic E-state index is 14.7. The fourth-order valence-electron chi connectivity index (χ4n) is 7.39. The molecule has 1 aliphatic heterocycles. The van der Waals surface area contributed by atoms with Gasteiger partial charge in [0.05, 0.1) is 35.2 Å². The van der Waals surface area contributed by atoms with Crippen molar-refractivity contribution in [3.05, 3.63) is 119 Å². The SMILES string of the molecule is COc1ccc(-n2nnnc2-c2cc(-c3cc(C)c(-c4cccnc4)s3)cnc2N)c(F)c1F.COc1ccc(-n2nnnc2-c2cc(-c3cnc(C4CCNCC4)s3)cnc2N)c(F)c1F. The number of tetrazole rings is 2. The van der Waals surface area contributed by atoms with Crippen LogP contribution < -0.4 is 26.3 Å². The number of nitrogen functional groups attached to an aromatic ring is 2. The predicted octanol–water partition coefficient (Wildman–Crippen LogP) is 7.88.